The molecule has 0 bridgehead atoms. The molecule has 0 aromatic heterocycles. The number of carbonyl (C=O) groups is 1. The van der Waals surface area contributed by atoms with Gasteiger partial charge in [0.1, 0.15) is 5.75 Å². The van der Waals surface area contributed by atoms with Crippen LogP contribution in [0.3, 0.4) is 0 Å². The van der Waals surface area contributed by atoms with Crippen molar-refractivity contribution in [1.29, 1.82) is 0 Å². The standard InChI is InChI=1S/C19H22ClNO2/c1-14-5-3-6-16(13-14)7-4-12-21-19(22)15(2)23-18-10-8-17(20)9-11-18/h3,5-6,8-11,13,15H,4,7,12H2,1-2H3,(H,21,22)/t15-/m1/s1. The zero-order valence-corrected chi connectivity index (χ0v) is 14.3. The first-order valence-electron chi connectivity index (χ1n) is 7.80. The zero-order chi connectivity index (χ0) is 16.7. The molecule has 0 saturated carbocycles. The molecule has 2 aromatic carbocycles. The lowest BCUT2D eigenvalue weighted by molar-refractivity contribution is -0.127. The molecular formula is C19H22ClNO2. The van der Waals surface area contributed by atoms with Gasteiger partial charge in [0.25, 0.3) is 5.91 Å². The van der Waals surface area contributed by atoms with Gasteiger partial charge in [-0.1, -0.05) is 41.4 Å². The first-order valence-corrected chi connectivity index (χ1v) is 8.18. The molecular weight excluding hydrogens is 310 g/mol. The number of ether oxygens (including phenoxy) is 1. The van der Waals surface area contributed by atoms with Crippen LogP contribution < -0.4 is 10.1 Å². The Morgan fingerprint density at radius 1 is 1.22 bits per heavy atom. The third-order valence-electron chi connectivity index (χ3n) is 3.52. The van der Waals surface area contributed by atoms with Gasteiger partial charge >= 0.3 is 0 Å². The van der Waals surface area contributed by atoms with Crippen LogP contribution in [0.15, 0.2) is 48.5 Å². The van der Waals surface area contributed by atoms with Crippen LogP contribution in [-0.2, 0) is 11.2 Å². The van der Waals surface area contributed by atoms with Crippen molar-refractivity contribution in [2.45, 2.75) is 32.8 Å². The maximum absolute atomic E-state index is 12.0. The minimum Gasteiger partial charge on any atom is -0.481 e. The summed E-state index contributed by atoms with van der Waals surface area (Å²) in [6.07, 6.45) is 1.33. The molecule has 0 fully saturated rings. The van der Waals surface area contributed by atoms with Gasteiger partial charge in [0.2, 0.25) is 0 Å². The van der Waals surface area contributed by atoms with Crippen molar-refractivity contribution in [3.63, 3.8) is 0 Å². The summed E-state index contributed by atoms with van der Waals surface area (Å²) in [6, 6.07) is 15.4. The molecule has 1 N–H and O–H groups in total. The molecule has 1 atom stereocenters. The topological polar surface area (TPSA) is 38.3 Å². The lowest BCUT2D eigenvalue weighted by Gasteiger charge is -2.14. The quantitative estimate of drug-likeness (QED) is 0.773. The normalized spacial score (nSPS) is 11.8. The first-order chi connectivity index (χ1) is 11.0. The third kappa shape index (κ3) is 5.95. The fraction of sp³-hybridized carbons (Fsp3) is 0.316. The van der Waals surface area contributed by atoms with Crippen LogP contribution in [-0.4, -0.2) is 18.6 Å². The zero-order valence-electron chi connectivity index (χ0n) is 13.5. The number of rotatable bonds is 7. The molecule has 0 heterocycles. The predicted molar refractivity (Wildman–Crippen MR) is 94.1 cm³/mol. The molecule has 2 rings (SSSR count). The van der Waals surface area contributed by atoms with Crippen LogP contribution in [0.5, 0.6) is 5.75 Å². The molecule has 2 aromatic rings. The number of halogens is 1. The van der Waals surface area contributed by atoms with E-state index in [1.54, 1.807) is 31.2 Å². The number of benzene rings is 2. The van der Waals surface area contributed by atoms with Gasteiger partial charge in [0.15, 0.2) is 6.10 Å². The molecule has 1 amide bonds. The van der Waals surface area contributed by atoms with Gasteiger partial charge in [-0.2, -0.15) is 0 Å². The highest BCUT2D eigenvalue weighted by atomic mass is 35.5. The van der Waals surface area contributed by atoms with Crippen molar-refractivity contribution in [1.82, 2.24) is 5.32 Å². The second-order valence-electron chi connectivity index (χ2n) is 5.60. The van der Waals surface area contributed by atoms with Crippen LogP contribution >= 0.6 is 11.6 Å². The number of carbonyl (C=O) groups excluding carboxylic acids is 1. The third-order valence-corrected chi connectivity index (χ3v) is 3.77. The van der Waals surface area contributed by atoms with Crippen molar-refractivity contribution < 1.29 is 9.53 Å². The average molecular weight is 332 g/mol. The molecule has 122 valence electrons. The first kappa shape index (κ1) is 17.4. The van der Waals surface area contributed by atoms with Crippen LogP contribution in [0.4, 0.5) is 0 Å². The summed E-state index contributed by atoms with van der Waals surface area (Å²) in [5, 5.41) is 3.55. The predicted octanol–water partition coefficient (Wildman–Crippen LogP) is 4.16. The van der Waals surface area contributed by atoms with Crippen LogP contribution in [0.1, 0.15) is 24.5 Å². The van der Waals surface area contributed by atoms with Gasteiger partial charge in [0, 0.05) is 11.6 Å². The van der Waals surface area contributed by atoms with Crippen molar-refractivity contribution in [2.75, 3.05) is 6.54 Å². The van der Waals surface area contributed by atoms with E-state index in [4.69, 9.17) is 16.3 Å². The second-order valence-corrected chi connectivity index (χ2v) is 6.03. The van der Waals surface area contributed by atoms with E-state index >= 15 is 0 Å². The number of hydrogen-bond donors (Lipinski definition) is 1. The highest BCUT2D eigenvalue weighted by molar-refractivity contribution is 6.30. The summed E-state index contributed by atoms with van der Waals surface area (Å²) in [5.41, 5.74) is 2.56. The van der Waals surface area contributed by atoms with E-state index in [2.05, 4.69) is 36.5 Å². The highest BCUT2D eigenvalue weighted by Gasteiger charge is 2.13. The average Bonchev–Trinajstić information content (AvgIpc) is 2.53. The monoisotopic (exact) mass is 331 g/mol. The number of nitrogens with one attached hydrogen (secondary N) is 1. The molecule has 0 aliphatic heterocycles. The van der Waals surface area contributed by atoms with Gasteiger partial charge in [0.05, 0.1) is 0 Å². The van der Waals surface area contributed by atoms with Crippen molar-refractivity contribution >= 4 is 17.5 Å². The number of hydrogen-bond acceptors (Lipinski definition) is 2. The van der Waals surface area contributed by atoms with Crippen molar-refractivity contribution in [3.8, 4) is 5.75 Å². The van der Waals surface area contributed by atoms with Gasteiger partial charge < -0.3 is 10.1 Å². The Hall–Kier alpha value is -2.00. The second kappa shape index (κ2) is 8.59. The maximum atomic E-state index is 12.0. The molecule has 0 aliphatic carbocycles. The van der Waals surface area contributed by atoms with Crippen molar-refractivity contribution in [2.24, 2.45) is 0 Å². The SMILES string of the molecule is Cc1cccc(CCCNC(=O)[C@@H](C)Oc2ccc(Cl)cc2)c1. The minimum atomic E-state index is -0.532. The fourth-order valence-corrected chi connectivity index (χ4v) is 2.41. The van der Waals surface area contributed by atoms with E-state index in [9.17, 15) is 4.79 Å². The van der Waals surface area contributed by atoms with Gasteiger partial charge in [-0.15, -0.1) is 0 Å². The summed E-state index contributed by atoms with van der Waals surface area (Å²) in [7, 11) is 0. The van der Waals surface area contributed by atoms with Crippen LogP contribution in [0.25, 0.3) is 0 Å². The molecule has 0 radical (unpaired) electrons. The van der Waals surface area contributed by atoms with E-state index < -0.39 is 6.10 Å². The Balaban J connectivity index is 1.70. The van der Waals surface area contributed by atoms with Gasteiger partial charge in [-0.25, -0.2) is 0 Å². The molecule has 0 aliphatic rings. The number of aryl methyl sites for hydroxylation is 2. The molecule has 23 heavy (non-hydrogen) atoms. The molecule has 4 heteroatoms. The van der Waals surface area contributed by atoms with E-state index in [1.807, 2.05) is 0 Å². The van der Waals surface area contributed by atoms with Gasteiger partial charge in [-0.05, 0) is 56.5 Å². The minimum absolute atomic E-state index is 0.107. The Morgan fingerprint density at radius 3 is 2.65 bits per heavy atom. The molecule has 0 unspecified atom stereocenters. The fourth-order valence-electron chi connectivity index (χ4n) is 2.29. The Labute approximate surface area is 142 Å². The molecule has 0 saturated heterocycles. The largest absolute Gasteiger partial charge is 0.481 e. The summed E-state index contributed by atoms with van der Waals surface area (Å²) >= 11 is 5.82. The lowest BCUT2D eigenvalue weighted by atomic mass is 10.1. The van der Waals surface area contributed by atoms with E-state index in [1.165, 1.54) is 11.1 Å². The highest BCUT2D eigenvalue weighted by Crippen LogP contribution is 2.16. The maximum Gasteiger partial charge on any atom is 0.260 e. The van der Waals surface area contributed by atoms with Gasteiger partial charge in [-0.3, -0.25) is 4.79 Å². The lowest BCUT2D eigenvalue weighted by Crippen LogP contribution is -2.36. The Bertz CT molecular complexity index is 640. The summed E-state index contributed by atoms with van der Waals surface area (Å²) < 4.78 is 5.59. The Morgan fingerprint density at radius 2 is 1.96 bits per heavy atom. The van der Waals surface area contributed by atoms with Crippen LogP contribution in [0, 0.1) is 6.92 Å². The van der Waals surface area contributed by atoms with E-state index in [-0.39, 0.29) is 5.91 Å². The van der Waals surface area contributed by atoms with Crippen molar-refractivity contribution in [3.05, 3.63) is 64.7 Å². The summed E-state index contributed by atoms with van der Waals surface area (Å²) in [5.74, 6) is 0.529. The van der Waals surface area contributed by atoms with E-state index in [0.717, 1.165) is 12.8 Å². The Kier molecular flexibility index (Phi) is 6.48. The number of amides is 1. The molecule has 0 spiro atoms. The smallest absolute Gasteiger partial charge is 0.260 e. The van der Waals surface area contributed by atoms with E-state index in [0.29, 0.717) is 17.3 Å². The molecule has 3 nitrogen and oxygen atoms in total. The summed E-state index contributed by atoms with van der Waals surface area (Å²) in [4.78, 5) is 12.0. The van der Waals surface area contributed by atoms with Crippen LogP contribution in [0.2, 0.25) is 5.02 Å². The summed E-state index contributed by atoms with van der Waals surface area (Å²) in [6.45, 7) is 4.46.